The van der Waals surface area contributed by atoms with E-state index in [1.807, 2.05) is 0 Å². The van der Waals surface area contributed by atoms with Crippen molar-refractivity contribution in [2.24, 2.45) is 5.92 Å². The number of carbonyl (C=O) groups excluding carboxylic acids is 1. The van der Waals surface area contributed by atoms with Crippen LogP contribution in [-0.2, 0) is 19.6 Å². The number of halogens is 2. The van der Waals surface area contributed by atoms with E-state index < -0.39 is 10.0 Å². The average Bonchev–Trinajstić information content (AvgIpc) is 2.49. The van der Waals surface area contributed by atoms with E-state index in [1.165, 1.54) is 23.5 Å². The van der Waals surface area contributed by atoms with Crippen molar-refractivity contribution in [2.45, 2.75) is 17.7 Å². The minimum atomic E-state index is -3.56. The lowest BCUT2D eigenvalue weighted by molar-refractivity contribution is -0.146. The molecule has 0 aliphatic carbocycles. The van der Waals surface area contributed by atoms with Gasteiger partial charge in [-0.25, -0.2) is 8.42 Å². The summed E-state index contributed by atoms with van der Waals surface area (Å²) in [6.45, 7) is 0.616. The van der Waals surface area contributed by atoms with Crippen molar-refractivity contribution in [1.29, 1.82) is 0 Å². The molecule has 0 aromatic heterocycles. The van der Waals surface area contributed by atoms with Gasteiger partial charge in [-0.05, 0) is 47.0 Å². The van der Waals surface area contributed by atoms with E-state index in [0.29, 0.717) is 35.4 Å². The van der Waals surface area contributed by atoms with Crippen LogP contribution in [0.2, 0.25) is 5.02 Å². The van der Waals surface area contributed by atoms with Crippen LogP contribution in [-0.4, -0.2) is 38.9 Å². The lowest BCUT2D eigenvalue weighted by Gasteiger charge is -2.29. The summed E-state index contributed by atoms with van der Waals surface area (Å²) in [5.74, 6) is -0.500. The Morgan fingerprint density at radius 1 is 1.38 bits per heavy atom. The van der Waals surface area contributed by atoms with Gasteiger partial charge < -0.3 is 4.74 Å². The number of hydrogen-bond acceptors (Lipinski definition) is 4. The highest BCUT2D eigenvalue weighted by Crippen LogP contribution is 2.29. The number of methoxy groups -OCH3 is 1. The third-order valence-corrected chi connectivity index (χ3v) is 6.63. The smallest absolute Gasteiger partial charge is 0.308 e. The third-order valence-electron chi connectivity index (χ3n) is 3.52. The molecule has 0 atom stereocenters. The van der Waals surface area contributed by atoms with Crippen molar-refractivity contribution >= 4 is 43.5 Å². The number of benzene rings is 1. The fourth-order valence-electron chi connectivity index (χ4n) is 2.28. The molecule has 2 rings (SSSR count). The summed E-state index contributed by atoms with van der Waals surface area (Å²) in [5.41, 5.74) is 0. The standard InChI is InChI=1S/C13H15BrClNO4S/c1-20-13(17)9-4-6-16(7-5-9)21(18,19)10-2-3-12(15)11(14)8-10/h2-3,8-9H,4-7H2,1H3. The zero-order chi connectivity index (χ0) is 15.6. The lowest BCUT2D eigenvalue weighted by atomic mass is 9.99. The maximum Gasteiger partial charge on any atom is 0.308 e. The molecular formula is C13H15BrClNO4S. The fourth-order valence-corrected chi connectivity index (χ4v) is 4.43. The molecule has 116 valence electrons. The second-order valence-corrected chi connectivity index (χ2v) is 7.98. The summed E-state index contributed by atoms with van der Waals surface area (Å²) in [5, 5.41) is 0.457. The van der Waals surface area contributed by atoms with Crippen LogP contribution in [0.1, 0.15) is 12.8 Å². The van der Waals surface area contributed by atoms with Crippen LogP contribution in [0.25, 0.3) is 0 Å². The van der Waals surface area contributed by atoms with Crippen LogP contribution in [0.3, 0.4) is 0 Å². The first kappa shape index (κ1) is 16.7. The van der Waals surface area contributed by atoms with Gasteiger partial charge in [-0.3, -0.25) is 4.79 Å². The van der Waals surface area contributed by atoms with Gasteiger partial charge >= 0.3 is 5.97 Å². The van der Waals surface area contributed by atoms with E-state index in [4.69, 9.17) is 16.3 Å². The highest BCUT2D eigenvalue weighted by Gasteiger charge is 2.32. The summed E-state index contributed by atoms with van der Waals surface area (Å²) in [7, 11) is -2.22. The molecule has 1 heterocycles. The molecule has 1 saturated heterocycles. The zero-order valence-corrected chi connectivity index (χ0v) is 14.5. The predicted octanol–water partition coefficient (Wildman–Crippen LogP) is 2.68. The number of nitrogens with zero attached hydrogens (tertiary/aromatic N) is 1. The molecule has 0 amide bonds. The first-order chi connectivity index (χ1) is 9.86. The number of rotatable bonds is 3. The Morgan fingerprint density at radius 3 is 2.52 bits per heavy atom. The second kappa shape index (κ2) is 6.64. The molecule has 1 fully saturated rings. The van der Waals surface area contributed by atoms with Crippen LogP contribution >= 0.6 is 27.5 Å². The topological polar surface area (TPSA) is 63.7 Å². The summed E-state index contributed by atoms with van der Waals surface area (Å²) in [6.07, 6.45) is 0.946. The normalized spacial score (nSPS) is 17.7. The van der Waals surface area contributed by atoms with E-state index in [1.54, 1.807) is 6.07 Å². The van der Waals surface area contributed by atoms with E-state index in [-0.39, 0.29) is 16.8 Å². The Balaban J connectivity index is 2.14. The molecule has 1 aliphatic rings. The number of hydrogen-bond donors (Lipinski definition) is 0. The van der Waals surface area contributed by atoms with E-state index in [0.717, 1.165) is 0 Å². The maximum absolute atomic E-state index is 12.5. The van der Waals surface area contributed by atoms with Crippen LogP contribution in [0.5, 0.6) is 0 Å². The van der Waals surface area contributed by atoms with Gasteiger partial charge in [0.25, 0.3) is 0 Å². The van der Waals surface area contributed by atoms with Gasteiger partial charge in [0, 0.05) is 17.6 Å². The van der Waals surface area contributed by atoms with Crippen molar-refractivity contribution in [3.05, 3.63) is 27.7 Å². The first-order valence-corrected chi connectivity index (χ1v) is 9.00. The average molecular weight is 397 g/mol. The third kappa shape index (κ3) is 3.59. The minimum Gasteiger partial charge on any atom is -0.469 e. The molecule has 1 aliphatic heterocycles. The molecular weight excluding hydrogens is 382 g/mol. The Bertz CT molecular complexity index is 642. The van der Waals surface area contributed by atoms with Crippen LogP contribution in [0.4, 0.5) is 0 Å². The van der Waals surface area contributed by atoms with E-state index in [2.05, 4.69) is 15.9 Å². The summed E-state index contributed by atoms with van der Waals surface area (Å²) in [6, 6.07) is 4.51. The number of carbonyl (C=O) groups is 1. The van der Waals surface area contributed by atoms with E-state index in [9.17, 15) is 13.2 Å². The molecule has 1 aromatic carbocycles. The Hall–Kier alpha value is -0.630. The largest absolute Gasteiger partial charge is 0.469 e. The molecule has 0 unspecified atom stereocenters. The summed E-state index contributed by atoms with van der Waals surface area (Å²) < 4.78 is 31.7. The van der Waals surface area contributed by atoms with Crippen LogP contribution in [0.15, 0.2) is 27.6 Å². The predicted molar refractivity (Wildman–Crippen MR) is 82.7 cm³/mol. The quantitative estimate of drug-likeness (QED) is 0.737. The van der Waals surface area contributed by atoms with Gasteiger partial charge in [0.05, 0.1) is 22.9 Å². The zero-order valence-electron chi connectivity index (χ0n) is 11.4. The summed E-state index contributed by atoms with van der Waals surface area (Å²) in [4.78, 5) is 11.7. The van der Waals surface area contributed by atoms with Gasteiger partial charge in [-0.15, -0.1) is 0 Å². The Labute approximate surface area is 137 Å². The Morgan fingerprint density at radius 2 is 2.00 bits per heavy atom. The van der Waals surface area contributed by atoms with Crippen molar-refractivity contribution in [2.75, 3.05) is 20.2 Å². The molecule has 0 radical (unpaired) electrons. The molecule has 0 spiro atoms. The minimum absolute atomic E-state index is 0.190. The van der Waals surface area contributed by atoms with Gasteiger partial charge in [0.1, 0.15) is 0 Å². The van der Waals surface area contributed by atoms with Gasteiger partial charge in [0.2, 0.25) is 10.0 Å². The van der Waals surface area contributed by atoms with Crippen molar-refractivity contribution < 1.29 is 17.9 Å². The highest BCUT2D eigenvalue weighted by molar-refractivity contribution is 9.10. The van der Waals surface area contributed by atoms with E-state index >= 15 is 0 Å². The van der Waals surface area contributed by atoms with Crippen molar-refractivity contribution in [1.82, 2.24) is 4.31 Å². The molecule has 8 heteroatoms. The van der Waals surface area contributed by atoms with Crippen molar-refractivity contribution in [3.63, 3.8) is 0 Å². The number of piperidine rings is 1. The molecule has 1 aromatic rings. The molecule has 21 heavy (non-hydrogen) atoms. The van der Waals surface area contributed by atoms with Crippen molar-refractivity contribution in [3.8, 4) is 0 Å². The molecule has 0 bridgehead atoms. The van der Waals surface area contributed by atoms with Crippen LogP contribution in [0, 0.1) is 5.92 Å². The highest BCUT2D eigenvalue weighted by atomic mass is 79.9. The number of esters is 1. The maximum atomic E-state index is 12.5. The molecule has 0 saturated carbocycles. The van der Waals surface area contributed by atoms with Gasteiger partial charge in [-0.2, -0.15) is 4.31 Å². The molecule has 5 nitrogen and oxygen atoms in total. The van der Waals surface area contributed by atoms with Gasteiger partial charge in [-0.1, -0.05) is 11.6 Å². The SMILES string of the molecule is COC(=O)C1CCN(S(=O)(=O)c2ccc(Cl)c(Br)c2)CC1. The first-order valence-electron chi connectivity index (χ1n) is 6.39. The number of sulfonamides is 1. The monoisotopic (exact) mass is 395 g/mol. The van der Waals surface area contributed by atoms with Crippen LogP contribution < -0.4 is 0 Å². The fraction of sp³-hybridized carbons (Fsp3) is 0.462. The van der Waals surface area contributed by atoms with Gasteiger partial charge in [0.15, 0.2) is 0 Å². The summed E-state index contributed by atoms with van der Waals surface area (Å²) >= 11 is 9.10. The number of ether oxygens (including phenoxy) is 1. The molecule has 0 N–H and O–H groups in total. The second-order valence-electron chi connectivity index (χ2n) is 4.78. The lowest BCUT2D eigenvalue weighted by Crippen LogP contribution is -2.40. The Kier molecular flexibility index (Phi) is 5.29.